The molecular weight excluding hydrogens is 330 g/mol. The number of nitrogens with zero attached hydrogens (tertiary/aromatic N) is 1. The smallest absolute Gasteiger partial charge is 0.243 e. The Morgan fingerprint density at radius 3 is 2.61 bits per heavy atom. The first-order valence-corrected chi connectivity index (χ1v) is 7.95. The lowest BCUT2D eigenvalue weighted by Crippen LogP contribution is -2.38. The molecule has 0 aliphatic carbocycles. The molecule has 2 rings (SSSR count). The number of carbonyl (C=O) groups excluding carboxylic acids is 1. The van der Waals surface area contributed by atoms with Gasteiger partial charge in [0.25, 0.3) is 0 Å². The first-order valence-electron chi connectivity index (χ1n) is 6.51. The van der Waals surface area contributed by atoms with Gasteiger partial charge in [-0.05, 0) is 30.3 Å². The van der Waals surface area contributed by atoms with Crippen LogP contribution in [0.15, 0.2) is 45.9 Å². The lowest BCUT2D eigenvalue weighted by molar-refractivity contribution is -0.121. The summed E-state index contributed by atoms with van der Waals surface area (Å²) in [6.45, 7) is -0.354. The van der Waals surface area contributed by atoms with E-state index in [4.69, 9.17) is 4.42 Å². The van der Waals surface area contributed by atoms with E-state index in [1.54, 1.807) is 12.1 Å². The van der Waals surface area contributed by atoms with E-state index >= 15 is 0 Å². The average Bonchev–Trinajstić information content (AvgIpc) is 3.01. The molecule has 0 aliphatic rings. The van der Waals surface area contributed by atoms with Gasteiger partial charge in [0, 0.05) is 7.05 Å². The summed E-state index contributed by atoms with van der Waals surface area (Å²) >= 11 is 0. The zero-order valence-electron chi connectivity index (χ0n) is 12.1. The fourth-order valence-corrected chi connectivity index (χ4v) is 2.90. The second kappa shape index (κ2) is 6.88. The maximum atomic E-state index is 13.2. The molecular formula is C14H14F2N2O4S. The number of benzene rings is 1. The van der Waals surface area contributed by atoms with E-state index in [1.165, 1.54) is 13.3 Å². The molecule has 0 saturated heterocycles. The molecule has 9 heteroatoms. The predicted octanol–water partition coefficient (Wildman–Crippen LogP) is 1.49. The zero-order chi connectivity index (χ0) is 17.0. The van der Waals surface area contributed by atoms with E-state index in [0.717, 1.165) is 10.4 Å². The molecule has 124 valence electrons. The lowest BCUT2D eigenvalue weighted by Gasteiger charge is -2.16. The summed E-state index contributed by atoms with van der Waals surface area (Å²) in [5, 5.41) is 2.49. The number of likely N-dealkylation sites (N-methyl/N-ethyl adjacent to an activating group) is 1. The number of carbonyl (C=O) groups is 1. The van der Waals surface area contributed by atoms with Gasteiger partial charge in [-0.3, -0.25) is 4.79 Å². The number of sulfonamides is 1. The second-order valence-corrected chi connectivity index (χ2v) is 6.74. The maximum absolute atomic E-state index is 13.2. The Bertz CT molecular complexity index is 791. The number of amides is 1. The first kappa shape index (κ1) is 17.1. The maximum Gasteiger partial charge on any atom is 0.243 e. The van der Waals surface area contributed by atoms with Crippen LogP contribution in [-0.2, 0) is 21.4 Å². The fourth-order valence-electron chi connectivity index (χ4n) is 1.76. The van der Waals surface area contributed by atoms with Crippen LogP contribution < -0.4 is 5.32 Å². The van der Waals surface area contributed by atoms with Gasteiger partial charge in [-0.25, -0.2) is 17.2 Å². The quantitative estimate of drug-likeness (QED) is 0.861. The zero-order valence-corrected chi connectivity index (χ0v) is 12.9. The van der Waals surface area contributed by atoms with Crippen molar-refractivity contribution in [1.82, 2.24) is 9.62 Å². The number of furan rings is 1. The molecule has 0 atom stereocenters. The molecule has 23 heavy (non-hydrogen) atoms. The summed E-state index contributed by atoms with van der Waals surface area (Å²) in [4.78, 5) is 11.3. The lowest BCUT2D eigenvalue weighted by atomic mass is 10.3. The SMILES string of the molecule is CN(CC(=O)NCc1ccco1)S(=O)(=O)c1ccc(F)c(F)c1. The third kappa shape index (κ3) is 4.14. The van der Waals surface area contributed by atoms with Crippen molar-refractivity contribution in [3.05, 3.63) is 54.0 Å². The Labute approximate surface area is 131 Å². The molecule has 1 aromatic carbocycles. The van der Waals surface area contributed by atoms with Crippen LogP contribution in [0.25, 0.3) is 0 Å². The summed E-state index contributed by atoms with van der Waals surface area (Å²) in [5.74, 6) is -2.47. The van der Waals surface area contributed by atoms with E-state index in [9.17, 15) is 22.0 Å². The molecule has 1 aromatic heterocycles. The van der Waals surface area contributed by atoms with Crippen LogP contribution in [0, 0.1) is 11.6 Å². The van der Waals surface area contributed by atoms with Gasteiger partial charge in [-0.1, -0.05) is 0 Å². The van der Waals surface area contributed by atoms with Crippen molar-refractivity contribution in [3.63, 3.8) is 0 Å². The molecule has 1 heterocycles. The van der Waals surface area contributed by atoms with Crippen LogP contribution in [0.4, 0.5) is 8.78 Å². The molecule has 0 radical (unpaired) electrons. The topological polar surface area (TPSA) is 79.6 Å². The van der Waals surface area contributed by atoms with E-state index < -0.39 is 39.0 Å². The van der Waals surface area contributed by atoms with Crippen molar-refractivity contribution in [2.45, 2.75) is 11.4 Å². The van der Waals surface area contributed by atoms with Crippen molar-refractivity contribution in [1.29, 1.82) is 0 Å². The molecule has 0 bridgehead atoms. The normalized spacial score (nSPS) is 11.7. The Hall–Kier alpha value is -2.26. The number of rotatable bonds is 6. The number of hydrogen-bond donors (Lipinski definition) is 1. The third-order valence-corrected chi connectivity index (χ3v) is 4.80. The second-order valence-electron chi connectivity index (χ2n) is 4.69. The molecule has 0 fully saturated rings. The standard InChI is InChI=1S/C14H14F2N2O4S/c1-18(9-14(19)17-8-10-3-2-6-22-10)23(20,21)11-4-5-12(15)13(16)7-11/h2-7H,8-9H2,1H3,(H,17,19). The predicted molar refractivity (Wildman–Crippen MR) is 76.7 cm³/mol. The van der Waals surface area contributed by atoms with Crippen molar-refractivity contribution < 1.29 is 26.4 Å². The number of halogens is 2. The van der Waals surface area contributed by atoms with E-state index in [1.807, 2.05) is 0 Å². The highest BCUT2D eigenvalue weighted by molar-refractivity contribution is 7.89. The van der Waals surface area contributed by atoms with Gasteiger partial charge in [-0.2, -0.15) is 4.31 Å². The van der Waals surface area contributed by atoms with Crippen molar-refractivity contribution in [2.75, 3.05) is 13.6 Å². The minimum Gasteiger partial charge on any atom is -0.467 e. The summed E-state index contributed by atoms with van der Waals surface area (Å²) < 4.78 is 56.2. The Kier molecular flexibility index (Phi) is 5.12. The summed E-state index contributed by atoms with van der Waals surface area (Å²) in [5.41, 5.74) is 0. The Morgan fingerprint density at radius 2 is 2.00 bits per heavy atom. The summed E-state index contributed by atoms with van der Waals surface area (Å²) in [6.07, 6.45) is 1.45. The highest BCUT2D eigenvalue weighted by Gasteiger charge is 2.24. The van der Waals surface area contributed by atoms with Gasteiger partial charge in [0.05, 0.1) is 24.2 Å². The van der Waals surface area contributed by atoms with Crippen LogP contribution >= 0.6 is 0 Å². The van der Waals surface area contributed by atoms with Crippen molar-refractivity contribution in [3.8, 4) is 0 Å². The molecule has 6 nitrogen and oxygen atoms in total. The molecule has 1 amide bonds. The fraction of sp³-hybridized carbons (Fsp3) is 0.214. The van der Waals surface area contributed by atoms with E-state index in [0.29, 0.717) is 17.9 Å². The van der Waals surface area contributed by atoms with Gasteiger partial charge >= 0.3 is 0 Å². The van der Waals surface area contributed by atoms with Gasteiger partial charge in [0.15, 0.2) is 11.6 Å². The molecule has 0 unspecified atom stereocenters. The molecule has 0 aliphatic heterocycles. The average molecular weight is 344 g/mol. The number of nitrogens with one attached hydrogen (secondary N) is 1. The molecule has 1 N–H and O–H groups in total. The van der Waals surface area contributed by atoms with Gasteiger partial charge < -0.3 is 9.73 Å². The van der Waals surface area contributed by atoms with Gasteiger partial charge in [0.2, 0.25) is 15.9 Å². The van der Waals surface area contributed by atoms with Crippen molar-refractivity contribution in [2.24, 2.45) is 0 Å². The highest BCUT2D eigenvalue weighted by atomic mass is 32.2. The van der Waals surface area contributed by atoms with Crippen LogP contribution in [-0.4, -0.2) is 32.2 Å². The van der Waals surface area contributed by atoms with E-state index in [-0.39, 0.29) is 6.54 Å². The van der Waals surface area contributed by atoms with Crippen molar-refractivity contribution >= 4 is 15.9 Å². The molecule has 0 saturated carbocycles. The van der Waals surface area contributed by atoms with Crippen LogP contribution in [0.3, 0.4) is 0 Å². The van der Waals surface area contributed by atoms with Crippen LogP contribution in [0.2, 0.25) is 0 Å². The van der Waals surface area contributed by atoms with Crippen LogP contribution in [0.5, 0.6) is 0 Å². The van der Waals surface area contributed by atoms with Crippen LogP contribution in [0.1, 0.15) is 5.76 Å². The summed E-state index contributed by atoms with van der Waals surface area (Å²) in [7, 11) is -2.93. The highest BCUT2D eigenvalue weighted by Crippen LogP contribution is 2.17. The minimum atomic E-state index is -4.10. The Morgan fingerprint density at radius 1 is 1.26 bits per heavy atom. The van der Waals surface area contributed by atoms with E-state index in [2.05, 4.69) is 5.32 Å². The summed E-state index contributed by atoms with van der Waals surface area (Å²) in [6, 6.07) is 5.53. The minimum absolute atomic E-state index is 0.116. The molecule has 0 spiro atoms. The van der Waals surface area contributed by atoms with Gasteiger partial charge in [0.1, 0.15) is 5.76 Å². The monoisotopic (exact) mass is 344 g/mol. The Balaban J connectivity index is 2.01. The first-order chi connectivity index (χ1) is 10.8. The number of hydrogen-bond acceptors (Lipinski definition) is 4. The largest absolute Gasteiger partial charge is 0.467 e. The molecule has 2 aromatic rings. The third-order valence-electron chi connectivity index (χ3n) is 3.01. The van der Waals surface area contributed by atoms with Gasteiger partial charge in [-0.15, -0.1) is 0 Å².